The van der Waals surface area contributed by atoms with E-state index in [0.29, 0.717) is 0 Å². The summed E-state index contributed by atoms with van der Waals surface area (Å²) in [5.74, 6) is 0.781. The topological polar surface area (TPSA) is 77.2 Å². The van der Waals surface area contributed by atoms with Crippen LogP contribution in [0.1, 0.15) is 38.2 Å². The molecule has 3 aromatic heterocycles. The fourth-order valence-electron chi connectivity index (χ4n) is 3.68. The molecule has 1 fully saturated rings. The van der Waals surface area contributed by atoms with E-state index in [0.717, 1.165) is 59.6 Å². The van der Waals surface area contributed by atoms with Crippen LogP contribution in [0.15, 0.2) is 41.9 Å². The highest BCUT2D eigenvalue weighted by Crippen LogP contribution is 2.44. The Balaban J connectivity index is 1.61. The maximum Gasteiger partial charge on any atom is 0.159 e. The first-order chi connectivity index (χ1) is 12.8. The van der Waals surface area contributed by atoms with E-state index < -0.39 is 0 Å². The van der Waals surface area contributed by atoms with Crippen LogP contribution in [0.25, 0.3) is 11.0 Å². The third-order valence-electron chi connectivity index (χ3n) is 5.30. The first kappa shape index (κ1) is 15.3. The van der Waals surface area contributed by atoms with Crippen molar-refractivity contribution in [3.63, 3.8) is 0 Å². The monoisotopic (exact) mass is 348 g/mol. The summed E-state index contributed by atoms with van der Waals surface area (Å²) in [6, 6.07) is 5.81. The summed E-state index contributed by atoms with van der Waals surface area (Å²) in [6.45, 7) is 2.83. The second kappa shape index (κ2) is 5.79. The number of pyridine rings is 2. The molecule has 4 heterocycles. The number of aryl methyl sites for hydroxylation is 1. The predicted octanol–water partition coefficient (Wildman–Crippen LogP) is 3.64. The standard InChI is InChI=1S/C19H20N6O/c1-2-25-18-14(12-22-25)17(23-16-6-3-4-9-20-16)13(11-21-18)15-10-19(26-24-15)7-5-8-19/h3-4,6,9,11-12H,2,5,7-8,10H2,1H3,(H,20,21,23). The summed E-state index contributed by atoms with van der Waals surface area (Å²) in [5.41, 5.74) is 3.62. The van der Waals surface area contributed by atoms with Gasteiger partial charge in [-0.05, 0) is 38.3 Å². The molecule has 5 rings (SSSR count). The van der Waals surface area contributed by atoms with Gasteiger partial charge in [0.25, 0.3) is 0 Å². The number of oxime groups is 1. The maximum absolute atomic E-state index is 5.78. The summed E-state index contributed by atoms with van der Waals surface area (Å²) >= 11 is 0. The third kappa shape index (κ3) is 2.34. The Labute approximate surface area is 151 Å². The molecule has 132 valence electrons. The quantitative estimate of drug-likeness (QED) is 0.779. The third-order valence-corrected chi connectivity index (χ3v) is 5.30. The number of nitrogens with zero attached hydrogens (tertiary/aromatic N) is 5. The van der Waals surface area contributed by atoms with E-state index in [2.05, 4.69) is 32.5 Å². The largest absolute Gasteiger partial charge is 0.389 e. The van der Waals surface area contributed by atoms with Crippen LogP contribution in [0.4, 0.5) is 11.5 Å². The van der Waals surface area contributed by atoms with Gasteiger partial charge in [0.05, 0.1) is 23.0 Å². The molecule has 1 aliphatic carbocycles. The molecule has 0 aromatic carbocycles. The van der Waals surface area contributed by atoms with Gasteiger partial charge in [-0.15, -0.1) is 0 Å². The molecule has 0 bridgehead atoms. The lowest BCUT2D eigenvalue weighted by Gasteiger charge is -2.34. The van der Waals surface area contributed by atoms with Crippen molar-refractivity contribution in [1.82, 2.24) is 19.7 Å². The fraction of sp³-hybridized carbons (Fsp3) is 0.368. The van der Waals surface area contributed by atoms with Crippen LogP contribution in [-0.4, -0.2) is 31.1 Å². The number of nitrogens with one attached hydrogen (secondary N) is 1. The minimum atomic E-state index is -0.0832. The van der Waals surface area contributed by atoms with Crippen LogP contribution in [0.3, 0.4) is 0 Å². The molecule has 1 N–H and O–H groups in total. The lowest BCUT2D eigenvalue weighted by molar-refractivity contribution is -0.0755. The average Bonchev–Trinajstić information content (AvgIpc) is 3.27. The number of hydrogen-bond donors (Lipinski definition) is 1. The first-order valence-corrected chi connectivity index (χ1v) is 9.06. The Hall–Kier alpha value is -2.96. The molecule has 0 atom stereocenters. The summed E-state index contributed by atoms with van der Waals surface area (Å²) in [6.07, 6.45) is 9.70. The molecule has 26 heavy (non-hydrogen) atoms. The van der Waals surface area contributed by atoms with Crippen molar-refractivity contribution in [2.24, 2.45) is 5.16 Å². The second-order valence-corrected chi connectivity index (χ2v) is 6.93. The predicted molar refractivity (Wildman–Crippen MR) is 99.5 cm³/mol. The molecule has 0 saturated heterocycles. The van der Waals surface area contributed by atoms with Crippen molar-refractivity contribution in [1.29, 1.82) is 0 Å². The SMILES string of the molecule is CCn1ncc2c(Nc3ccccn3)c(C3=NOC4(CCC4)C3)cnc21. The van der Waals surface area contributed by atoms with Crippen molar-refractivity contribution in [2.75, 3.05) is 5.32 Å². The Morgan fingerprint density at radius 3 is 2.85 bits per heavy atom. The summed E-state index contributed by atoms with van der Waals surface area (Å²) in [7, 11) is 0. The maximum atomic E-state index is 5.78. The number of anilines is 2. The number of hydrogen-bond acceptors (Lipinski definition) is 6. The van der Waals surface area contributed by atoms with E-state index in [9.17, 15) is 0 Å². The highest BCUT2D eigenvalue weighted by atomic mass is 16.7. The van der Waals surface area contributed by atoms with E-state index in [1.54, 1.807) is 6.20 Å². The Morgan fingerprint density at radius 1 is 1.23 bits per heavy atom. The van der Waals surface area contributed by atoms with Gasteiger partial charge in [0.2, 0.25) is 0 Å². The van der Waals surface area contributed by atoms with Crippen molar-refractivity contribution in [3.05, 3.63) is 42.4 Å². The normalized spacial score (nSPS) is 17.8. The van der Waals surface area contributed by atoms with Crippen LogP contribution < -0.4 is 5.32 Å². The smallest absolute Gasteiger partial charge is 0.159 e. The van der Waals surface area contributed by atoms with Crippen molar-refractivity contribution < 1.29 is 4.84 Å². The van der Waals surface area contributed by atoms with E-state index in [4.69, 9.17) is 4.84 Å². The van der Waals surface area contributed by atoms with Crippen LogP contribution >= 0.6 is 0 Å². The molecular weight excluding hydrogens is 328 g/mol. The molecule has 0 radical (unpaired) electrons. The van der Waals surface area contributed by atoms with Crippen LogP contribution in [0.5, 0.6) is 0 Å². The van der Waals surface area contributed by atoms with Crippen LogP contribution in [-0.2, 0) is 11.4 Å². The molecule has 3 aromatic rings. The van der Waals surface area contributed by atoms with Gasteiger partial charge in [0.15, 0.2) is 5.65 Å². The van der Waals surface area contributed by atoms with Gasteiger partial charge in [0, 0.05) is 30.9 Å². The number of fused-ring (bicyclic) bond motifs is 1. The first-order valence-electron chi connectivity index (χ1n) is 9.06. The zero-order valence-electron chi connectivity index (χ0n) is 14.6. The zero-order chi connectivity index (χ0) is 17.6. The highest BCUT2D eigenvalue weighted by Gasteiger charge is 2.45. The minimum Gasteiger partial charge on any atom is -0.389 e. The van der Waals surface area contributed by atoms with E-state index >= 15 is 0 Å². The molecule has 0 amide bonds. The minimum absolute atomic E-state index is 0.0832. The number of rotatable bonds is 4. The van der Waals surface area contributed by atoms with Crippen molar-refractivity contribution >= 4 is 28.3 Å². The van der Waals surface area contributed by atoms with Crippen molar-refractivity contribution in [2.45, 2.75) is 44.8 Å². The van der Waals surface area contributed by atoms with Gasteiger partial charge in [-0.2, -0.15) is 5.10 Å². The Morgan fingerprint density at radius 2 is 2.15 bits per heavy atom. The van der Waals surface area contributed by atoms with Crippen molar-refractivity contribution in [3.8, 4) is 0 Å². The Kier molecular flexibility index (Phi) is 3.41. The Bertz CT molecular complexity index is 990. The average molecular weight is 348 g/mol. The van der Waals surface area contributed by atoms with Crippen LogP contribution in [0.2, 0.25) is 0 Å². The van der Waals surface area contributed by atoms with Gasteiger partial charge in [0.1, 0.15) is 11.4 Å². The lowest BCUT2D eigenvalue weighted by Crippen LogP contribution is -2.37. The molecule has 1 spiro atoms. The summed E-state index contributed by atoms with van der Waals surface area (Å²) in [4.78, 5) is 14.8. The van der Waals surface area contributed by atoms with Gasteiger partial charge in [-0.1, -0.05) is 11.2 Å². The van der Waals surface area contributed by atoms with E-state index in [-0.39, 0.29) is 5.60 Å². The van der Waals surface area contributed by atoms with Gasteiger partial charge in [-0.3, -0.25) is 0 Å². The summed E-state index contributed by atoms with van der Waals surface area (Å²) < 4.78 is 1.89. The molecule has 1 saturated carbocycles. The summed E-state index contributed by atoms with van der Waals surface area (Å²) in [5, 5.41) is 13.3. The molecular formula is C19H20N6O. The molecule has 2 aliphatic rings. The lowest BCUT2D eigenvalue weighted by atomic mass is 9.76. The second-order valence-electron chi connectivity index (χ2n) is 6.93. The van der Waals surface area contributed by atoms with Crippen LogP contribution in [0, 0.1) is 0 Å². The van der Waals surface area contributed by atoms with Gasteiger partial charge in [-0.25, -0.2) is 14.6 Å². The molecule has 1 aliphatic heterocycles. The van der Waals surface area contributed by atoms with E-state index in [1.807, 2.05) is 35.3 Å². The zero-order valence-corrected chi connectivity index (χ0v) is 14.6. The number of aromatic nitrogens is 4. The molecule has 7 heteroatoms. The van der Waals surface area contributed by atoms with E-state index in [1.165, 1.54) is 6.42 Å². The van der Waals surface area contributed by atoms with Gasteiger partial charge >= 0.3 is 0 Å². The molecule has 7 nitrogen and oxygen atoms in total. The molecule has 0 unspecified atom stereocenters. The highest BCUT2D eigenvalue weighted by molar-refractivity contribution is 6.11. The van der Waals surface area contributed by atoms with Gasteiger partial charge < -0.3 is 10.2 Å². The fourth-order valence-corrected chi connectivity index (χ4v) is 3.68.